The number of hydrogen-bond acceptors (Lipinski definition) is 3. The number of nitrogens with zero attached hydrogens (tertiary/aromatic N) is 1. The Morgan fingerprint density at radius 2 is 1.84 bits per heavy atom. The number of aryl methyl sites for hydroxylation is 1. The fraction of sp³-hybridized carbons (Fsp3) is 0.167. The van der Waals surface area contributed by atoms with Crippen molar-refractivity contribution in [2.75, 3.05) is 5.32 Å². The third-order valence-electron chi connectivity index (χ3n) is 3.43. The number of rotatable bonds is 7. The number of nitrogens with two attached hydrogens (primary N) is 2. The van der Waals surface area contributed by atoms with Gasteiger partial charge in [0.2, 0.25) is 5.91 Å². The minimum atomic E-state index is -0.877. The standard InChI is InChI=1S/C18H20N4O3/c19-18(20)21-14-6-3-4-12(10-14)11-16(23)22-15-7-2-1-5-13(15)8-9-17(24)25/h1-7,10H,8-9,11H2,(H,22,23)(H,24,25)(H4,19,20,21). The average Bonchev–Trinajstić information content (AvgIpc) is 2.53. The number of carbonyl (C=O) groups is 2. The Morgan fingerprint density at radius 3 is 2.56 bits per heavy atom. The zero-order valence-electron chi connectivity index (χ0n) is 13.6. The minimum Gasteiger partial charge on any atom is -0.481 e. The van der Waals surface area contributed by atoms with E-state index in [1.165, 1.54) is 0 Å². The van der Waals surface area contributed by atoms with Crippen molar-refractivity contribution in [3.63, 3.8) is 0 Å². The number of aliphatic carboxylic acids is 1. The normalized spacial score (nSPS) is 10.1. The molecule has 0 spiro atoms. The number of hydrogen-bond donors (Lipinski definition) is 4. The van der Waals surface area contributed by atoms with Crippen LogP contribution in [-0.4, -0.2) is 22.9 Å². The van der Waals surface area contributed by atoms with Crippen LogP contribution in [0.4, 0.5) is 11.4 Å². The molecule has 0 aromatic heterocycles. The summed E-state index contributed by atoms with van der Waals surface area (Å²) in [6, 6.07) is 14.2. The number of carboxylic acids is 1. The zero-order chi connectivity index (χ0) is 18.2. The van der Waals surface area contributed by atoms with Crippen molar-refractivity contribution in [2.24, 2.45) is 16.5 Å². The molecule has 1 amide bonds. The number of amides is 1. The number of para-hydroxylation sites is 1. The lowest BCUT2D eigenvalue weighted by atomic mass is 10.1. The molecular weight excluding hydrogens is 320 g/mol. The van der Waals surface area contributed by atoms with E-state index in [-0.39, 0.29) is 24.7 Å². The van der Waals surface area contributed by atoms with Crippen LogP contribution in [0.3, 0.4) is 0 Å². The van der Waals surface area contributed by atoms with Crippen molar-refractivity contribution in [1.29, 1.82) is 0 Å². The first kappa shape index (κ1) is 18.0. The Hall–Kier alpha value is -3.35. The third-order valence-corrected chi connectivity index (χ3v) is 3.43. The van der Waals surface area contributed by atoms with Crippen LogP contribution in [0.1, 0.15) is 17.5 Å². The van der Waals surface area contributed by atoms with Gasteiger partial charge in [0, 0.05) is 12.1 Å². The maximum absolute atomic E-state index is 12.3. The number of guanidine groups is 1. The van der Waals surface area contributed by atoms with Gasteiger partial charge in [-0.05, 0) is 35.7 Å². The predicted molar refractivity (Wildman–Crippen MR) is 96.6 cm³/mol. The SMILES string of the molecule is NC(N)=Nc1cccc(CC(=O)Nc2ccccc2CCC(=O)O)c1. The molecule has 0 aliphatic rings. The van der Waals surface area contributed by atoms with Crippen LogP contribution >= 0.6 is 0 Å². The lowest BCUT2D eigenvalue weighted by Crippen LogP contribution is -2.21. The predicted octanol–water partition coefficient (Wildman–Crippen LogP) is 1.79. The molecule has 0 aliphatic heterocycles. The Morgan fingerprint density at radius 1 is 1.08 bits per heavy atom. The van der Waals surface area contributed by atoms with Gasteiger partial charge in [-0.15, -0.1) is 0 Å². The van der Waals surface area contributed by atoms with Gasteiger partial charge in [0.1, 0.15) is 0 Å². The number of nitrogens with one attached hydrogen (secondary N) is 1. The quantitative estimate of drug-likeness (QED) is 0.451. The summed E-state index contributed by atoms with van der Waals surface area (Å²) in [6.45, 7) is 0. The van der Waals surface area contributed by atoms with Crippen LogP contribution in [0.15, 0.2) is 53.5 Å². The summed E-state index contributed by atoms with van der Waals surface area (Å²) in [7, 11) is 0. The number of anilines is 1. The highest BCUT2D eigenvalue weighted by atomic mass is 16.4. The Bertz CT molecular complexity index is 798. The topological polar surface area (TPSA) is 131 Å². The van der Waals surface area contributed by atoms with Crippen molar-refractivity contribution in [2.45, 2.75) is 19.3 Å². The van der Waals surface area contributed by atoms with E-state index in [2.05, 4.69) is 10.3 Å². The van der Waals surface area contributed by atoms with Crippen molar-refractivity contribution in [1.82, 2.24) is 0 Å². The Kier molecular flexibility index (Phi) is 6.11. The van der Waals surface area contributed by atoms with E-state index in [1.807, 2.05) is 12.1 Å². The second kappa shape index (κ2) is 8.49. The molecule has 25 heavy (non-hydrogen) atoms. The summed E-state index contributed by atoms with van der Waals surface area (Å²) >= 11 is 0. The Labute approximate surface area is 145 Å². The van der Waals surface area contributed by atoms with Crippen molar-refractivity contribution in [3.05, 3.63) is 59.7 Å². The number of carbonyl (C=O) groups excluding carboxylic acids is 1. The summed E-state index contributed by atoms with van der Waals surface area (Å²) in [5.41, 5.74) is 13.4. The van der Waals surface area contributed by atoms with Crippen molar-refractivity contribution >= 4 is 29.2 Å². The van der Waals surface area contributed by atoms with Crippen LogP contribution in [-0.2, 0) is 22.4 Å². The molecule has 0 aliphatic carbocycles. The molecule has 0 heterocycles. The molecule has 0 saturated carbocycles. The van der Waals surface area contributed by atoms with E-state index in [1.54, 1.807) is 36.4 Å². The number of benzene rings is 2. The number of aliphatic imine (C=N–C) groups is 1. The monoisotopic (exact) mass is 340 g/mol. The molecule has 0 radical (unpaired) electrons. The zero-order valence-corrected chi connectivity index (χ0v) is 13.6. The van der Waals surface area contributed by atoms with Crippen LogP contribution in [0.5, 0.6) is 0 Å². The molecule has 0 atom stereocenters. The van der Waals surface area contributed by atoms with Gasteiger partial charge < -0.3 is 21.9 Å². The smallest absolute Gasteiger partial charge is 0.303 e. The van der Waals surface area contributed by atoms with E-state index in [0.717, 1.165) is 11.1 Å². The van der Waals surface area contributed by atoms with E-state index in [9.17, 15) is 9.59 Å². The molecule has 0 fully saturated rings. The molecule has 7 nitrogen and oxygen atoms in total. The van der Waals surface area contributed by atoms with Crippen molar-refractivity contribution < 1.29 is 14.7 Å². The molecule has 0 bridgehead atoms. The maximum Gasteiger partial charge on any atom is 0.303 e. The van der Waals surface area contributed by atoms with Gasteiger partial charge in [-0.3, -0.25) is 9.59 Å². The first-order valence-electron chi connectivity index (χ1n) is 7.72. The van der Waals surface area contributed by atoms with Crippen LogP contribution < -0.4 is 16.8 Å². The summed E-state index contributed by atoms with van der Waals surface area (Å²) < 4.78 is 0. The largest absolute Gasteiger partial charge is 0.481 e. The van der Waals surface area contributed by atoms with Gasteiger partial charge >= 0.3 is 5.97 Å². The fourth-order valence-corrected chi connectivity index (χ4v) is 2.37. The summed E-state index contributed by atoms with van der Waals surface area (Å²) in [6.07, 6.45) is 0.514. The van der Waals surface area contributed by atoms with Crippen LogP contribution in [0.25, 0.3) is 0 Å². The second-order valence-electron chi connectivity index (χ2n) is 5.48. The molecule has 6 N–H and O–H groups in total. The van der Waals surface area contributed by atoms with E-state index >= 15 is 0 Å². The van der Waals surface area contributed by atoms with E-state index < -0.39 is 5.97 Å². The van der Waals surface area contributed by atoms with Gasteiger partial charge in [-0.2, -0.15) is 0 Å². The highest BCUT2D eigenvalue weighted by Crippen LogP contribution is 2.18. The van der Waals surface area contributed by atoms with Gasteiger partial charge in [0.25, 0.3) is 0 Å². The van der Waals surface area contributed by atoms with Gasteiger partial charge in [0.15, 0.2) is 5.96 Å². The second-order valence-corrected chi connectivity index (χ2v) is 5.48. The van der Waals surface area contributed by atoms with Gasteiger partial charge in [-0.25, -0.2) is 4.99 Å². The molecule has 7 heteroatoms. The fourth-order valence-electron chi connectivity index (χ4n) is 2.37. The van der Waals surface area contributed by atoms with E-state index in [0.29, 0.717) is 17.8 Å². The van der Waals surface area contributed by atoms with Crippen LogP contribution in [0, 0.1) is 0 Å². The first-order valence-corrected chi connectivity index (χ1v) is 7.72. The minimum absolute atomic E-state index is 0.00738. The van der Waals surface area contributed by atoms with E-state index in [4.69, 9.17) is 16.6 Å². The summed E-state index contributed by atoms with van der Waals surface area (Å²) in [5, 5.41) is 11.6. The Balaban J connectivity index is 2.06. The summed E-state index contributed by atoms with van der Waals surface area (Å²) in [5.74, 6) is -1.13. The van der Waals surface area contributed by atoms with Gasteiger partial charge in [-0.1, -0.05) is 30.3 Å². The highest BCUT2D eigenvalue weighted by molar-refractivity contribution is 5.93. The molecule has 2 aromatic carbocycles. The third kappa shape index (κ3) is 5.98. The molecule has 0 unspecified atom stereocenters. The molecule has 2 aromatic rings. The summed E-state index contributed by atoms with van der Waals surface area (Å²) in [4.78, 5) is 27.0. The molecule has 2 rings (SSSR count). The van der Waals surface area contributed by atoms with Crippen molar-refractivity contribution in [3.8, 4) is 0 Å². The van der Waals surface area contributed by atoms with Gasteiger partial charge in [0.05, 0.1) is 12.1 Å². The highest BCUT2D eigenvalue weighted by Gasteiger charge is 2.09. The lowest BCUT2D eigenvalue weighted by Gasteiger charge is -2.10. The average molecular weight is 340 g/mol. The first-order chi connectivity index (χ1) is 11.9. The molecule has 130 valence electrons. The molecular formula is C18H20N4O3. The molecule has 0 saturated heterocycles. The maximum atomic E-state index is 12.3. The lowest BCUT2D eigenvalue weighted by molar-refractivity contribution is -0.136. The van der Waals surface area contributed by atoms with Crippen LogP contribution in [0.2, 0.25) is 0 Å². The number of carboxylic acid groups (broad SMARTS) is 1.